The molecule has 5 heteroatoms. The van der Waals surface area contributed by atoms with Crippen LogP contribution in [0.4, 0.5) is 4.39 Å². The molecule has 0 saturated heterocycles. The van der Waals surface area contributed by atoms with Gasteiger partial charge in [-0.15, -0.1) is 0 Å². The molecule has 96 valence electrons. The number of likely N-dealkylation sites (N-methyl/N-ethyl adjacent to an activating group) is 1. The number of benzene rings is 1. The highest BCUT2D eigenvalue weighted by molar-refractivity contribution is 6.30. The van der Waals surface area contributed by atoms with Crippen molar-refractivity contribution in [1.29, 1.82) is 0 Å². The number of hydrogen-bond donors (Lipinski definition) is 1. The lowest BCUT2D eigenvalue weighted by atomic mass is 10.1. The topological polar surface area (TPSA) is 30.5 Å². The maximum Gasteiger partial charge on any atom is 0.172 e. The van der Waals surface area contributed by atoms with Crippen LogP contribution < -0.4 is 5.32 Å². The molecule has 1 N–H and O–H groups in total. The molecule has 0 saturated carbocycles. The largest absolute Gasteiger partial charge is 0.354 e. The summed E-state index contributed by atoms with van der Waals surface area (Å²) in [4.78, 5) is 0. The van der Waals surface area contributed by atoms with Gasteiger partial charge in [0.1, 0.15) is 5.82 Å². The Bertz CT molecular complexity index is 358. The summed E-state index contributed by atoms with van der Waals surface area (Å²) in [5.74, 6) is -0.316. The summed E-state index contributed by atoms with van der Waals surface area (Å²) in [6, 6.07) is 4.52. The predicted molar refractivity (Wildman–Crippen MR) is 65.8 cm³/mol. The Morgan fingerprint density at radius 3 is 2.47 bits per heavy atom. The number of methoxy groups -OCH3 is 2. The maximum atomic E-state index is 13.6. The van der Waals surface area contributed by atoms with Gasteiger partial charge < -0.3 is 14.8 Å². The first-order chi connectivity index (χ1) is 8.12. The van der Waals surface area contributed by atoms with E-state index in [-0.39, 0.29) is 11.9 Å². The van der Waals surface area contributed by atoms with Gasteiger partial charge in [0.05, 0.1) is 6.04 Å². The molecule has 0 fully saturated rings. The summed E-state index contributed by atoms with van der Waals surface area (Å²) in [5.41, 5.74) is 0.577. The van der Waals surface area contributed by atoms with Crippen LogP contribution >= 0.6 is 11.6 Å². The van der Waals surface area contributed by atoms with Gasteiger partial charge >= 0.3 is 0 Å². The number of rotatable bonds is 6. The fraction of sp³-hybridized carbons (Fsp3) is 0.500. The molecule has 3 nitrogen and oxygen atoms in total. The monoisotopic (exact) mass is 261 g/mol. The normalized spacial score (nSPS) is 13.1. The summed E-state index contributed by atoms with van der Waals surface area (Å²) in [7, 11) is 4.89. The minimum Gasteiger partial charge on any atom is -0.354 e. The van der Waals surface area contributed by atoms with E-state index < -0.39 is 6.29 Å². The molecule has 0 spiro atoms. The zero-order chi connectivity index (χ0) is 12.8. The summed E-state index contributed by atoms with van der Waals surface area (Å²) < 4.78 is 23.9. The van der Waals surface area contributed by atoms with Gasteiger partial charge in [-0.25, -0.2) is 4.39 Å². The second-order valence-corrected chi connectivity index (χ2v) is 4.11. The smallest absolute Gasteiger partial charge is 0.172 e. The van der Waals surface area contributed by atoms with Crippen molar-refractivity contribution in [2.75, 3.05) is 21.3 Å². The van der Waals surface area contributed by atoms with E-state index in [9.17, 15) is 4.39 Å². The van der Waals surface area contributed by atoms with Gasteiger partial charge in [0, 0.05) is 19.2 Å². The first-order valence-electron chi connectivity index (χ1n) is 5.29. The quantitative estimate of drug-likeness (QED) is 0.797. The van der Waals surface area contributed by atoms with Crippen molar-refractivity contribution < 1.29 is 13.9 Å². The molecule has 1 aromatic carbocycles. The second-order valence-electron chi connectivity index (χ2n) is 3.67. The molecule has 17 heavy (non-hydrogen) atoms. The molecule has 1 atom stereocenters. The minimum absolute atomic E-state index is 0.124. The highest BCUT2D eigenvalue weighted by Gasteiger charge is 2.20. The van der Waals surface area contributed by atoms with E-state index in [1.54, 1.807) is 33.4 Å². The third-order valence-electron chi connectivity index (χ3n) is 2.62. The molecule has 1 aromatic rings. The van der Waals surface area contributed by atoms with Crippen LogP contribution in [-0.2, 0) is 15.9 Å². The van der Waals surface area contributed by atoms with Gasteiger partial charge in [-0.05, 0) is 31.2 Å². The van der Waals surface area contributed by atoms with Crippen LogP contribution in [0.3, 0.4) is 0 Å². The number of halogens is 2. The van der Waals surface area contributed by atoms with E-state index >= 15 is 0 Å². The third kappa shape index (κ3) is 3.92. The van der Waals surface area contributed by atoms with Gasteiger partial charge in [0.15, 0.2) is 6.29 Å². The van der Waals surface area contributed by atoms with E-state index in [0.717, 1.165) is 0 Å². The van der Waals surface area contributed by atoms with Crippen LogP contribution in [0.1, 0.15) is 5.56 Å². The van der Waals surface area contributed by atoms with Crippen molar-refractivity contribution in [2.24, 2.45) is 0 Å². The van der Waals surface area contributed by atoms with Gasteiger partial charge in [0.25, 0.3) is 0 Å². The Morgan fingerprint density at radius 1 is 1.35 bits per heavy atom. The predicted octanol–water partition coefficient (Wildman–Crippen LogP) is 2.23. The van der Waals surface area contributed by atoms with E-state index in [0.29, 0.717) is 17.0 Å². The zero-order valence-corrected chi connectivity index (χ0v) is 10.9. The summed E-state index contributed by atoms with van der Waals surface area (Å²) >= 11 is 5.70. The summed E-state index contributed by atoms with van der Waals surface area (Å²) in [6.45, 7) is 0. The highest BCUT2D eigenvalue weighted by Crippen LogP contribution is 2.17. The van der Waals surface area contributed by atoms with Crippen molar-refractivity contribution in [3.63, 3.8) is 0 Å². The van der Waals surface area contributed by atoms with Crippen molar-refractivity contribution in [3.8, 4) is 0 Å². The number of nitrogens with one attached hydrogen (secondary N) is 1. The SMILES string of the molecule is CNC(Cc1ccc(Cl)cc1F)C(OC)OC. The van der Waals surface area contributed by atoms with Crippen LogP contribution in [0.25, 0.3) is 0 Å². The molecule has 0 aromatic heterocycles. The summed E-state index contributed by atoms with van der Waals surface area (Å²) in [5, 5.41) is 3.44. The molecule has 0 aliphatic rings. The van der Waals surface area contributed by atoms with E-state index in [1.807, 2.05) is 0 Å². The molecule has 0 aliphatic heterocycles. The maximum absolute atomic E-state index is 13.6. The highest BCUT2D eigenvalue weighted by atomic mass is 35.5. The van der Waals surface area contributed by atoms with Crippen molar-refractivity contribution >= 4 is 11.6 Å². The van der Waals surface area contributed by atoms with E-state index in [1.165, 1.54) is 6.07 Å². The molecule has 0 amide bonds. The lowest BCUT2D eigenvalue weighted by Gasteiger charge is -2.24. The lowest BCUT2D eigenvalue weighted by molar-refractivity contribution is -0.121. The van der Waals surface area contributed by atoms with E-state index in [2.05, 4.69) is 5.32 Å². The molecular weight excluding hydrogens is 245 g/mol. The molecule has 0 radical (unpaired) electrons. The Kier molecular flexibility index (Phi) is 5.85. The first kappa shape index (κ1) is 14.4. The first-order valence-corrected chi connectivity index (χ1v) is 5.67. The van der Waals surface area contributed by atoms with Crippen LogP contribution in [0.2, 0.25) is 5.02 Å². The Morgan fingerprint density at radius 2 is 2.00 bits per heavy atom. The van der Waals surface area contributed by atoms with Crippen LogP contribution in [0.5, 0.6) is 0 Å². The fourth-order valence-electron chi connectivity index (χ4n) is 1.68. The van der Waals surface area contributed by atoms with Crippen LogP contribution in [-0.4, -0.2) is 33.6 Å². The summed E-state index contributed by atoms with van der Waals surface area (Å²) in [6.07, 6.45) is 0.0429. The van der Waals surface area contributed by atoms with Gasteiger partial charge in [-0.2, -0.15) is 0 Å². The van der Waals surface area contributed by atoms with E-state index in [4.69, 9.17) is 21.1 Å². The average Bonchev–Trinajstić information content (AvgIpc) is 2.32. The minimum atomic E-state index is -0.421. The number of ether oxygens (including phenoxy) is 2. The molecule has 1 rings (SSSR count). The average molecular weight is 262 g/mol. The van der Waals surface area contributed by atoms with Crippen molar-refractivity contribution in [2.45, 2.75) is 18.8 Å². The third-order valence-corrected chi connectivity index (χ3v) is 2.85. The second kappa shape index (κ2) is 6.91. The van der Waals surface area contributed by atoms with Crippen molar-refractivity contribution in [1.82, 2.24) is 5.32 Å². The van der Waals surface area contributed by atoms with Gasteiger partial charge in [0.2, 0.25) is 0 Å². The zero-order valence-electron chi connectivity index (χ0n) is 10.2. The lowest BCUT2D eigenvalue weighted by Crippen LogP contribution is -2.41. The molecular formula is C12H17ClFNO2. The molecule has 0 bridgehead atoms. The Labute approximate surface area is 106 Å². The van der Waals surface area contributed by atoms with Crippen LogP contribution in [0, 0.1) is 5.82 Å². The number of hydrogen-bond acceptors (Lipinski definition) is 3. The van der Waals surface area contributed by atoms with Gasteiger partial charge in [-0.1, -0.05) is 17.7 Å². The fourth-order valence-corrected chi connectivity index (χ4v) is 1.84. The molecule has 1 unspecified atom stereocenters. The van der Waals surface area contributed by atoms with Gasteiger partial charge in [-0.3, -0.25) is 0 Å². The molecule has 0 heterocycles. The molecule has 0 aliphatic carbocycles. The standard InChI is InChI=1S/C12H17ClFNO2/c1-15-11(12(16-2)17-3)6-8-4-5-9(13)7-10(8)14/h4-5,7,11-12,15H,6H2,1-3H3. The van der Waals surface area contributed by atoms with Crippen molar-refractivity contribution in [3.05, 3.63) is 34.6 Å². The Balaban J connectivity index is 2.80. The van der Waals surface area contributed by atoms with Crippen LogP contribution in [0.15, 0.2) is 18.2 Å². The Hall–Kier alpha value is -0.680.